The maximum absolute atomic E-state index is 11.1. The fraction of sp³-hybridized carbons (Fsp3) is 0.122. The third-order valence-electron chi connectivity index (χ3n) is 7.79. The van der Waals surface area contributed by atoms with Crippen LogP contribution in [0.2, 0.25) is 0 Å². The number of hydrogen-bond acceptors (Lipinski definition) is 2. The molecule has 2 nitrogen and oxygen atoms in total. The van der Waals surface area contributed by atoms with Gasteiger partial charge in [-0.2, -0.15) is 0 Å². The van der Waals surface area contributed by atoms with E-state index in [1.165, 1.54) is 29.8 Å². The maximum atomic E-state index is 11.1. The van der Waals surface area contributed by atoms with Gasteiger partial charge < -0.3 is 0 Å². The summed E-state index contributed by atoms with van der Waals surface area (Å²) in [5, 5.41) is 1.48. The molecule has 0 spiro atoms. The van der Waals surface area contributed by atoms with E-state index < -0.39 is 5.31 Å². The van der Waals surface area contributed by atoms with Crippen molar-refractivity contribution < 1.29 is 9.59 Å². The Labute approximate surface area is 305 Å². The molecule has 0 unspecified atom stereocenters. The number of ketones is 2. The van der Waals surface area contributed by atoms with Crippen LogP contribution in [0.3, 0.4) is 0 Å². The molecule has 0 saturated heterocycles. The van der Waals surface area contributed by atoms with Crippen molar-refractivity contribution >= 4 is 91.3 Å². The van der Waals surface area contributed by atoms with Crippen LogP contribution in [0.4, 0.5) is 0 Å². The Morgan fingerprint density at radius 2 is 0.723 bits per heavy atom. The predicted octanol–water partition coefficient (Wildman–Crippen LogP) is 11.8. The molecule has 0 N–H and O–H groups in total. The zero-order chi connectivity index (χ0) is 34.8. The van der Waals surface area contributed by atoms with Gasteiger partial charge in [-0.3, -0.25) is 9.59 Å². The molecule has 5 aromatic rings. The molecule has 0 aliphatic carbocycles. The molecular weight excluding hydrogens is 795 g/mol. The zero-order valence-corrected chi connectivity index (χ0v) is 33.1. The molecule has 242 valence electrons. The van der Waals surface area contributed by atoms with Crippen molar-refractivity contribution in [2.75, 3.05) is 6.66 Å². The molecule has 0 radical (unpaired) electrons. The van der Waals surface area contributed by atoms with Gasteiger partial charge in [0.05, 0.1) is 0 Å². The molecular formula is C41H40Br3O2P. The Balaban J connectivity index is 0.000000202. The number of rotatable bonds is 7. The topological polar surface area (TPSA) is 34.1 Å². The molecule has 0 atom stereocenters. The summed E-state index contributed by atoms with van der Waals surface area (Å²) in [5.74, 6) is -0.0926. The zero-order valence-electron chi connectivity index (χ0n) is 27.4. The summed E-state index contributed by atoms with van der Waals surface area (Å²) in [6, 6.07) is 43.5. The van der Waals surface area contributed by atoms with Crippen LogP contribution in [0, 0.1) is 0 Å². The van der Waals surface area contributed by atoms with E-state index in [1.54, 1.807) is 18.2 Å². The summed E-state index contributed by atoms with van der Waals surface area (Å²) in [7, 11) is 0. The van der Waals surface area contributed by atoms with Crippen LogP contribution < -0.4 is 15.9 Å². The average molecular weight is 835 g/mol. The van der Waals surface area contributed by atoms with Crippen molar-refractivity contribution in [1.29, 1.82) is 0 Å². The van der Waals surface area contributed by atoms with Gasteiger partial charge in [0.2, 0.25) is 0 Å². The number of carbonyl (C=O) groups is 2. The Hall–Kier alpha value is -3.21. The Bertz CT molecular complexity index is 1640. The second-order valence-corrected chi connectivity index (χ2v) is 22.8. The van der Waals surface area contributed by atoms with Gasteiger partial charge in [-0.1, -0.05) is 49.6 Å². The molecule has 0 heterocycles. The quantitative estimate of drug-likeness (QED) is 0.121. The minimum atomic E-state index is -2.56. The van der Waals surface area contributed by atoms with Crippen molar-refractivity contribution in [2.24, 2.45) is 0 Å². The van der Waals surface area contributed by atoms with E-state index >= 15 is 0 Å². The van der Waals surface area contributed by atoms with Gasteiger partial charge in [0.1, 0.15) is 0 Å². The van der Waals surface area contributed by atoms with Crippen LogP contribution in [0.5, 0.6) is 0 Å². The summed E-state index contributed by atoms with van der Waals surface area (Å²) >= 11 is 11.0. The molecule has 0 amide bonds. The third kappa shape index (κ3) is 9.03. The van der Waals surface area contributed by atoms with Gasteiger partial charge >= 0.3 is 134 Å². The van der Waals surface area contributed by atoms with Crippen molar-refractivity contribution in [3.8, 4) is 0 Å². The fourth-order valence-corrected chi connectivity index (χ4v) is 12.5. The number of carbonyl (C=O) groups excluding carboxylic acids is 2. The Kier molecular flexibility index (Phi) is 13.6. The predicted molar refractivity (Wildman–Crippen MR) is 218 cm³/mol. The van der Waals surface area contributed by atoms with E-state index in [4.69, 9.17) is 0 Å². The van der Waals surface area contributed by atoms with Crippen molar-refractivity contribution in [3.05, 3.63) is 172 Å². The van der Waals surface area contributed by atoms with E-state index in [2.05, 4.69) is 170 Å². The number of allylic oxidation sites excluding steroid dienone is 2. The third-order valence-corrected chi connectivity index (χ3v) is 17.8. The molecule has 5 aromatic carbocycles. The molecule has 5 rings (SSSR count). The van der Waals surface area contributed by atoms with Gasteiger partial charge in [-0.25, -0.2) is 0 Å². The first kappa shape index (κ1) is 38.2. The molecule has 0 fully saturated rings. The fourth-order valence-electron chi connectivity index (χ4n) is 5.06. The first-order valence-corrected chi connectivity index (χ1v) is 21.3. The van der Waals surface area contributed by atoms with Crippen molar-refractivity contribution in [2.45, 2.75) is 27.7 Å². The van der Waals surface area contributed by atoms with Crippen LogP contribution in [-0.4, -0.2) is 18.2 Å². The molecule has 0 aliphatic rings. The monoisotopic (exact) mass is 832 g/mol. The summed E-state index contributed by atoms with van der Waals surface area (Å²) in [6.07, 6.45) is 0. The van der Waals surface area contributed by atoms with E-state index in [-0.39, 0.29) is 11.6 Å². The number of Topliss-reactive ketones (excluding diaryl/α,β-unsaturated/α-hetero) is 2. The van der Waals surface area contributed by atoms with Gasteiger partial charge in [0, 0.05) is 20.1 Å². The minimum absolute atomic E-state index is 0.0463. The van der Waals surface area contributed by atoms with Crippen LogP contribution in [-0.2, 0) is 0 Å². The summed E-state index contributed by atoms with van der Waals surface area (Å²) in [5.41, 5.74) is 5.53. The second kappa shape index (κ2) is 16.8. The number of benzene rings is 5. The Morgan fingerprint density at radius 3 is 0.979 bits per heavy atom. The van der Waals surface area contributed by atoms with Gasteiger partial charge in [0.25, 0.3) is 0 Å². The van der Waals surface area contributed by atoms with Crippen molar-refractivity contribution in [3.63, 3.8) is 0 Å². The van der Waals surface area contributed by atoms with Crippen LogP contribution >= 0.6 is 52.7 Å². The number of halogens is 3. The average Bonchev–Trinajstić information content (AvgIpc) is 3.06. The van der Waals surface area contributed by atoms with Gasteiger partial charge in [-0.05, 0) is 81.8 Å². The summed E-state index contributed by atoms with van der Waals surface area (Å²) in [6.45, 7) is 17.2. The second-order valence-electron chi connectivity index (χ2n) is 11.4. The molecule has 0 saturated carbocycles. The molecule has 0 aliphatic heterocycles. The molecule has 0 bridgehead atoms. The van der Waals surface area contributed by atoms with E-state index in [0.717, 1.165) is 26.7 Å². The number of hydrogen-bond donors (Lipinski definition) is 0. The van der Waals surface area contributed by atoms with Crippen LogP contribution in [0.1, 0.15) is 59.5 Å². The van der Waals surface area contributed by atoms with Crippen LogP contribution in [0.15, 0.2) is 149 Å². The van der Waals surface area contributed by atoms with E-state index in [1.807, 2.05) is 19.9 Å². The van der Waals surface area contributed by atoms with E-state index in [0.29, 0.717) is 15.6 Å². The SMILES string of the molecule is C=C(C)c1cccc(C(=C)C)c1Br.CC(=O)c1cccc(C(C)=O)c1Br.CP(Br)(c1ccccc1)(c1ccccc1)c1ccccc1. The summed E-state index contributed by atoms with van der Waals surface area (Å²) in [4.78, 5) is 22.2. The summed E-state index contributed by atoms with van der Waals surface area (Å²) < 4.78 is 1.69. The first-order chi connectivity index (χ1) is 22.2. The van der Waals surface area contributed by atoms with E-state index in [9.17, 15) is 9.59 Å². The Morgan fingerprint density at radius 1 is 0.468 bits per heavy atom. The van der Waals surface area contributed by atoms with Crippen molar-refractivity contribution in [1.82, 2.24) is 0 Å². The molecule has 6 heteroatoms. The molecule has 0 aromatic heterocycles. The normalized spacial score (nSPS) is 11.4. The van der Waals surface area contributed by atoms with Crippen LogP contribution in [0.25, 0.3) is 11.1 Å². The molecule has 47 heavy (non-hydrogen) atoms. The first-order valence-electron chi connectivity index (χ1n) is 15.0. The standard InChI is InChI=1S/C19H18BrP.C12H13Br.C10H9BrO2/c1-21(20,17-11-5-2-6-12-17,18-13-7-3-8-14-18)19-15-9-4-10-16-19;1-8(2)10-6-5-7-11(9(3)4)12(10)13;1-6(12)8-4-3-5-9(7(2)13)10(8)11/h2-16H,1H3;5-7H,1,3H2,2,4H3;3-5H,1-2H3. The van der Waals surface area contributed by atoms with Gasteiger partial charge in [-0.15, -0.1) is 0 Å². The van der Waals surface area contributed by atoms with Gasteiger partial charge in [0.15, 0.2) is 11.6 Å².